The number of benzene rings is 2. The number of carbonyl (C=O) groups excluding carboxylic acids is 2. The lowest BCUT2D eigenvalue weighted by Gasteiger charge is -2.08. The smallest absolute Gasteiger partial charge is 0.363 e. The average Bonchev–Trinajstić information content (AvgIpc) is 2.98. The van der Waals surface area contributed by atoms with Crippen LogP contribution in [-0.4, -0.2) is 24.9 Å². The van der Waals surface area contributed by atoms with E-state index < -0.39 is 11.9 Å². The third-order valence-electron chi connectivity index (χ3n) is 4.12. The molecule has 1 heterocycles. The minimum absolute atomic E-state index is 0.169. The first-order chi connectivity index (χ1) is 12.9. The minimum atomic E-state index is -0.534. The highest BCUT2D eigenvalue weighted by molar-refractivity contribution is 6.12. The lowest BCUT2D eigenvalue weighted by atomic mass is 10.1. The van der Waals surface area contributed by atoms with Gasteiger partial charge < -0.3 is 14.2 Å². The number of hydrogen-bond acceptors (Lipinski definition) is 6. The summed E-state index contributed by atoms with van der Waals surface area (Å²) in [7, 11) is 1.48. The van der Waals surface area contributed by atoms with Gasteiger partial charge in [-0.1, -0.05) is 12.1 Å². The largest absolute Gasteiger partial charge is 0.493 e. The van der Waals surface area contributed by atoms with Crippen molar-refractivity contribution in [3.8, 4) is 11.5 Å². The van der Waals surface area contributed by atoms with Crippen molar-refractivity contribution in [3.63, 3.8) is 0 Å². The highest BCUT2D eigenvalue weighted by Crippen LogP contribution is 2.30. The number of aryl methyl sites for hydroxylation is 2. The Morgan fingerprint density at radius 1 is 1.07 bits per heavy atom. The van der Waals surface area contributed by atoms with Gasteiger partial charge in [-0.05, 0) is 60.9 Å². The Labute approximate surface area is 157 Å². The van der Waals surface area contributed by atoms with Gasteiger partial charge in [0.25, 0.3) is 0 Å². The van der Waals surface area contributed by atoms with Crippen LogP contribution in [-0.2, 0) is 14.3 Å². The maximum Gasteiger partial charge on any atom is 0.363 e. The summed E-state index contributed by atoms with van der Waals surface area (Å²) in [6.45, 7) is 5.30. The van der Waals surface area contributed by atoms with E-state index in [1.807, 2.05) is 32.0 Å². The summed E-state index contributed by atoms with van der Waals surface area (Å²) in [6.07, 6.45) is 1.57. The molecule has 0 bridgehead atoms. The maximum absolute atomic E-state index is 12.2. The molecule has 6 nitrogen and oxygen atoms in total. The molecule has 0 saturated carbocycles. The van der Waals surface area contributed by atoms with Crippen LogP contribution in [0.4, 0.5) is 0 Å². The molecule has 1 aliphatic rings. The molecule has 0 saturated heterocycles. The summed E-state index contributed by atoms with van der Waals surface area (Å²) in [6, 6.07) is 10.7. The molecule has 0 N–H and O–H groups in total. The number of hydrogen-bond donors (Lipinski definition) is 0. The first kappa shape index (κ1) is 18.4. The van der Waals surface area contributed by atoms with Gasteiger partial charge in [-0.2, -0.15) is 0 Å². The highest BCUT2D eigenvalue weighted by Gasteiger charge is 2.24. The second-order valence-electron chi connectivity index (χ2n) is 6.14. The number of esters is 2. The van der Waals surface area contributed by atoms with Crippen molar-refractivity contribution in [1.82, 2.24) is 0 Å². The minimum Gasteiger partial charge on any atom is -0.493 e. The van der Waals surface area contributed by atoms with E-state index in [0.717, 1.165) is 16.7 Å². The van der Waals surface area contributed by atoms with E-state index in [9.17, 15) is 9.59 Å². The number of ether oxygens (including phenoxy) is 3. The van der Waals surface area contributed by atoms with Gasteiger partial charge in [0.05, 0.1) is 7.11 Å². The molecule has 0 aromatic heterocycles. The molecule has 2 aromatic carbocycles. The Balaban J connectivity index is 1.94. The van der Waals surface area contributed by atoms with Crippen LogP contribution in [0.5, 0.6) is 11.5 Å². The van der Waals surface area contributed by atoms with Gasteiger partial charge >= 0.3 is 11.9 Å². The molecule has 0 amide bonds. The van der Waals surface area contributed by atoms with Crippen molar-refractivity contribution in [2.75, 3.05) is 7.11 Å². The molecule has 138 valence electrons. The molecule has 0 radical (unpaired) electrons. The topological polar surface area (TPSA) is 74.2 Å². The summed E-state index contributed by atoms with van der Waals surface area (Å²) < 4.78 is 15.6. The monoisotopic (exact) mass is 365 g/mol. The Bertz CT molecular complexity index is 988. The second kappa shape index (κ2) is 7.45. The number of nitrogens with zero attached hydrogens (tertiary/aromatic N) is 1. The van der Waals surface area contributed by atoms with E-state index in [2.05, 4.69) is 4.99 Å². The van der Waals surface area contributed by atoms with Crippen LogP contribution in [0.1, 0.15) is 29.2 Å². The fraction of sp³-hybridized carbons (Fsp3) is 0.190. The van der Waals surface area contributed by atoms with Gasteiger partial charge in [-0.15, -0.1) is 0 Å². The second-order valence-corrected chi connectivity index (χ2v) is 6.14. The summed E-state index contributed by atoms with van der Waals surface area (Å²) >= 11 is 0. The number of carbonyl (C=O) groups is 2. The van der Waals surface area contributed by atoms with E-state index in [1.54, 1.807) is 24.3 Å². The Morgan fingerprint density at radius 2 is 1.85 bits per heavy atom. The molecule has 3 rings (SSSR count). The van der Waals surface area contributed by atoms with Crippen molar-refractivity contribution < 1.29 is 23.8 Å². The summed E-state index contributed by atoms with van der Waals surface area (Å²) in [5, 5.41) is 0. The average molecular weight is 365 g/mol. The standard InChI is InChI=1S/C21H19NO5/c1-12-5-7-16(9-13(12)2)20-22-17(21(24)27-20)10-15-6-8-18(25-4)19(11-15)26-14(3)23/h5-11H,1-4H3/b17-10-. The predicted molar refractivity (Wildman–Crippen MR) is 101 cm³/mol. The summed E-state index contributed by atoms with van der Waals surface area (Å²) in [5.74, 6) is -0.0469. The molecule has 1 aliphatic heterocycles. The van der Waals surface area contributed by atoms with Crippen LogP contribution in [0, 0.1) is 13.8 Å². The molecular formula is C21H19NO5. The zero-order valence-electron chi connectivity index (χ0n) is 15.5. The zero-order chi connectivity index (χ0) is 19.6. The van der Waals surface area contributed by atoms with Crippen molar-refractivity contribution in [2.45, 2.75) is 20.8 Å². The SMILES string of the molecule is COc1ccc(/C=C2\N=C(c3ccc(C)c(C)c3)OC2=O)cc1OC(C)=O. The Kier molecular flexibility index (Phi) is 5.07. The molecule has 0 unspecified atom stereocenters. The van der Waals surface area contributed by atoms with E-state index in [4.69, 9.17) is 14.2 Å². The predicted octanol–water partition coefficient (Wildman–Crippen LogP) is 3.58. The molecule has 2 aromatic rings. The van der Waals surface area contributed by atoms with Crippen LogP contribution in [0.2, 0.25) is 0 Å². The van der Waals surface area contributed by atoms with Crippen molar-refractivity contribution >= 4 is 23.9 Å². The van der Waals surface area contributed by atoms with Crippen molar-refractivity contribution in [2.24, 2.45) is 4.99 Å². The highest BCUT2D eigenvalue weighted by atomic mass is 16.6. The molecular weight excluding hydrogens is 346 g/mol. The quantitative estimate of drug-likeness (QED) is 0.470. The van der Waals surface area contributed by atoms with Gasteiger partial charge in [0.15, 0.2) is 17.2 Å². The fourth-order valence-electron chi connectivity index (χ4n) is 2.58. The number of rotatable bonds is 4. The molecule has 0 atom stereocenters. The van der Waals surface area contributed by atoms with Gasteiger partial charge in [0.1, 0.15) is 0 Å². The van der Waals surface area contributed by atoms with Crippen LogP contribution < -0.4 is 9.47 Å². The van der Waals surface area contributed by atoms with Gasteiger partial charge in [0.2, 0.25) is 5.90 Å². The lowest BCUT2D eigenvalue weighted by molar-refractivity contribution is -0.132. The van der Waals surface area contributed by atoms with E-state index >= 15 is 0 Å². The van der Waals surface area contributed by atoms with Gasteiger partial charge in [-0.25, -0.2) is 9.79 Å². The van der Waals surface area contributed by atoms with Crippen molar-refractivity contribution in [1.29, 1.82) is 0 Å². The number of methoxy groups -OCH3 is 1. The maximum atomic E-state index is 12.2. The molecule has 0 fully saturated rings. The fourth-order valence-corrected chi connectivity index (χ4v) is 2.58. The lowest BCUT2D eigenvalue weighted by Crippen LogP contribution is -2.06. The van der Waals surface area contributed by atoms with Crippen LogP contribution >= 0.6 is 0 Å². The third kappa shape index (κ3) is 4.06. The van der Waals surface area contributed by atoms with Crippen molar-refractivity contribution in [3.05, 3.63) is 64.3 Å². The summed E-state index contributed by atoms with van der Waals surface area (Å²) in [5.41, 5.74) is 3.77. The van der Waals surface area contributed by atoms with E-state index in [1.165, 1.54) is 14.0 Å². The normalized spacial score (nSPS) is 14.7. The van der Waals surface area contributed by atoms with Crippen LogP contribution in [0.15, 0.2) is 47.1 Å². The number of aliphatic imine (C=N–C) groups is 1. The van der Waals surface area contributed by atoms with E-state index in [0.29, 0.717) is 11.3 Å². The van der Waals surface area contributed by atoms with Gasteiger partial charge in [-0.3, -0.25) is 4.79 Å². The van der Waals surface area contributed by atoms with Gasteiger partial charge in [0, 0.05) is 12.5 Å². The molecule has 6 heteroatoms. The van der Waals surface area contributed by atoms with Crippen LogP contribution in [0.25, 0.3) is 6.08 Å². The molecule has 0 spiro atoms. The Hall–Kier alpha value is -3.41. The Morgan fingerprint density at radius 3 is 2.52 bits per heavy atom. The number of cyclic esters (lactones) is 1. The first-order valence-corrected chi connectivity index (χ1v) is 8.34. The zero-order valence-corrected chi connectivity index (χ0v) is 15.5. The van der Waals surface area contributed by atoms with E-state index in [-0.39, 0.29) is 17.3 Å². The molecule has 27 heavy (non-hydrogen) atoms. The molecule has 0 aliphatic carbocycles. The summed E-state index contributed by atoms with van der Waals surface area (Å²) in [4.78, 5) is 27.7. The first-order valence-electron chi connectivity index (χ1n) is 8.34. The van der Waals surface area contributed by atoms with Crippen LogP contribution in [0.3, 0.4) is 0 Å². The third-order valence-corrected chi connectivity index (χ3v) is 4.12.